The minimum absolute atomic E-state index is 0.342. The molecular weight excluding hydrogens is 392 g/mol. The molecular formula is C24H24N4OS. The van der Waals surface area contributed by atoms with Crippen molar-refractivity contribution in [2.45, 2.75) is 20.3 Å². The number of carbonyl (C=O) groups excluding carboxylic acids is 1. The number of aryl methyl sites for hydroxylation is 2. The monoisotopic (exact) mass is 416 g/mol. The van der Waals surface area contributed by atoms with E-state index in [-0.39, 0.29) is 0 Å². The molecule has 5 heterocycles. The van der Waals surface area contributed by atoms with Crippen molar-refractivity contribution in [2.24, 2.45) is 0 Å². The Balaban J connectivity index is 1.49. The van der Waals surface area contributed by atoms with Crippen LogP contribution in [-0.4, -0.2) is 44.1 Å². The molecule has 3 aromatic rings. The van der Waals surface area contributed by atoms with Crippen molar-refractivity contribution in [3.63, 3.8) is 0 Å². The molecule has 5 nitrogen and oxygen atoms in total. The third-order valence-corrected chi connectivity index (χ3v) is 9.68. The molecule has 0 saturated carbocycles. The largest absolute Gasteiger partial charge is 0.313 e. The number of hydrogen-bond donors (Lipinski definition) is 1. The Morgan fingerprint density at radius 1 is 1.13 bits per heavy atom. The maximum absolute atomic E-state index is 13.7. The van der Waals surface area contributed by atoms with Crippen LogP contribution in [0.15, 0.2) is 36.7 Å². The van der Waals surface area contributed by atoms with Gasteiger partial charge in [0.15, 0.2) is 5.65 Å². The first-order valence-corrected chi connectivity index (χ1v) is 12.4. The van der Waals surface area contributed by atoms with E-state index >= 15 is 0 Å². The van der Waals surface area contributed by atoms with Gasteiger partial charge in [0.2, 0.25) is 5.12 Å². The normalized spacial score (nSPS) is 20.7. The van der Waals surface area contributed by atoms with Gasteiger partial charge in [0.05, 0.1) is 17.1 Å². The van der Waals surface area contributed by atoms with Crippen LogP contribution in [0.2, 0.25) is 0 Å². The first-order valence-electron chi connectivity index (χ1n) is 10.5. The van der Waals surface area contributed by atoms with Crippen LogP contribution in [0.3, 0.4) is 0 Å². The lowest BCUT2D eigenvalue weighted by atomic mass is 9.95. The zero-order valence-electron chi connectivity index (χ0n) is 17.2. The summed E-state index contributed by atoms with van der Waals surface area (Å²) in [7, 11) is -1.44. The van der Waals surface area contributed by atoms with Crippen LogP contribution in [0.1, 0.15) is 45.0 Å². The van der Waals surface area contributed by atoms with Gasteiger partial charge in [-0.1, -0.05) is 18.2 Å². The highest BCUT2D eigenvalue weighted by atomic mass is 32.3. The molecule has 0 unspecified atom stereocenters. The van der Waals surface area contributed by atoms with Gasteiger partial charge in [0.1, 0.15) is 0 Å². The summed E-state index contributed by atoms with van der Waals surface area (Å²) < 4.78 is 2.05. The van der Waals surface area contributed by atoms with E-state index in [1.54, 1.807) is 0 Å². The molecule has 1 fully saturated rings. The first kappa shape index (κ1) is 18.1. The van der Waals surface area contributed by atoms with Crippen molar-refractivity contribution in [3.8, 4) is 0 Å². The fraction of sp³-hybridized carbons (Fsp3) is 0.292. The molecule has 152 valence electrons. The summed E-state index contributed by atoms with van der Waals surface area (Å²) in [5.41, 5.74) is 8.17. The number of rotatable bonds is 2. The minimum Gasteiger partial charge on any atom is -0.313 e. The maximum Gasteiger partial charge on any atom is 0.207 e. The molecule has 3 aliphatic heterocycles. The molecule has 0 radical (unpaired) electrons. The first-order chi connectivity index (χ1) is 14.5. The predicted molar refractivity (Wildman–Crippen MR) is 124 cm³/mol. The van der Waals surface area contributed by atoms with Crippen LogP contribution in [0, 0.1) is 13.8 Å². The van der Waals surface area contributed by atoms with Crippen LogP contribution in [0.25, 0.3) is 22.2 Å². The topological polar surface area (TPSA) is 59.3 Å². The van der Waals surface area contributed by atoms with Gasteiger partial charge in [-0.2, -0.15) is 0 Å². The van der Waals surface area contributed by atoms with Crippen molar-refractivity contribution in [2.75, 3.05) is 24.6 Å². The Kier molecular flexibility index (Phi) is 3.86. The third kappa shape index (κ3) is 2.63. The van der Waals surface area contributed by atoms with E-state index in [1.807, 2.05) is 20.0 Å². The molecule has 0 bridgehead atoms. The van der Waals surface area contributed by atoms with Crippen molar-refractivity contribution in [3.05, 3.63) is 70.4 Å². The van der Waals surface area contributed by atoms with E-state index in [1.165, 1.54) is 11.1 Å². The zero-order chi connectivity index (χ0) is 20.5. The van der Waals surface area contributed by atoms with Crippen molar-refractivity contribution < 1.29 is 4.79 Å². The Morgan fingerprint density at radius 2 is 2.00 bits per heavy atom. The average Bonchev–Trinajstić information content (AvgIpc) is 3.43. The van der Waals surface area contributed by atoms with Crippen molar-refractivity contribution in [1.82, 2.24) is 19.7 Å². The number of nitrogens with zero attached hydrogens (tertiary/aromatic N) is 3. The lowest BCUT2D eigenvalue weighted by Crippen LogP contribution is -2.20. The number of benzene rings is 1. The fourth-order valence-corrected chi connectivity index (χ4v) is 7.82. The van der Waals surface area contributed by atoms with Crippen LogP contribution >= 0.6 is 10.0 Å². The summed E-state index contributed by atoms with van der Waals surface area (Å²) >= 11 is 0. The molecule has 1 saturated heterocycles. The molecule has 1 spiro atoms. The SMILES string of the molecule is Cc1cn2cc(C3=Cc4ccc(C5=CCNCC5)cc4C(=O)S34CC4)nc2c(C)n1. The van der Waals surface area contributed by atoms with Gasteiger partial charge in [0, 0.05) is 29.4 Å². The van der Waals surface area contributed by atoms with E-state index in [4.69, 9.17) is 4.98 Å². The Morgan fingerprint density at radius 3 is 2.77 bits per heavy atom. The van der Waals surface area contributed by atoms with Gasteiger partial charge >= 0.3 is 0 Å². The van der Waals surface area contributed by atoms with Crippen molar-refractivity contribution >= 4 is 37.3 Å². The fourth-order valence-electron chi connectivity index (χ4n) is 4.69. The second kappa shape index (κ2) is 6.40. The van der Waals surface area contributed by atoms with Gasteiger partial charge in [0.25, 0.3) is 0 Å². The van der Waals surface area contributed by atoms with Crippen molar-refractivity contribution in [1.29, 1.82) is 0 Å². The highest BCUT2D eigenvalue weighted by Gasteiger charge is 2.51. The minimum atomic E-state index is -1.44. The highest BCUT2D eigenvalue weighted by molar-refractivity contribution is 8.57. The smallest absolute Gasteiger partial charge is 0.207 e. The predicted octanol–water partition coefficient (Wildman–Crippen LogP) is 4.19. The summed E-state index contributed by atoms with van der Waals surface area (Å²) in [6.45, 7) is 5.89. The lowest BCUT2D eigenvalue weighted by molar-refractivity contribution is 0.108. The average molecular weight is 417 g/mol. The number of nitrogens with one attached hydrogen (secondary N) is 1. The second-order valence-corrected chi connectivity index (χ2v) is 11.8. The van der Waals surface area contributed by atoms with E-state index in [0.717, 1.165) is 69.8 Å². The number of imidazole rings is 1. The number of aromatic nitrogens is 3. The molecule has 3 aliphatic rings. The molecule has 6 heteroatoms. The molecule has 0 atom stereocenters. The van der Waals surface area contributed by atoms with Gasteiger partial charge in [-0.15, -0.1) is 10.0 Å². The Hall–Kier alpha value is -2.70. The Labute approximate surface area is 177 Å². The Bertz CT molecular complexity index is 1300. The van der Waals surface area contributed by atoms with E-state index < -0.39 is 10.0 Å². The lowest BCUT2D eigenvalue weighted by Gasteiger charge is -2.28. The molecule has 1 aromatic carbocycles. The summed E-state index contributed by atoms with van der Waals surface area (Å²) in [5.74, 6) is 1.97. The molecule has 2 aromatic heterocycles. The van der Waals surface area contributed by atoms with E-state index in [9.17, 15) is 4.79 Å². The van der Waals surface area contributed by atoms with Gasteiger partial charge in [-0.25, -0.2) is 4.98 Å². The molecule has 30 heavy (non-hydrogen) atoms. The van der Waals surface area contributed by atoms with E-state index in [0.29, 0.717) is 5.12 Å². The summed E-state index contributed by atoms with van der Waals surface area (Å²) in [6, 6.07) is 6.42. The molecule has 1 N–H and O–H groups in total. The zero-order valence-corrected chi connectivity index (χ0v) is 18.1. The summed E-state index contributed by atoms with van der Waals surface area (Å²) in [4.78, 5) is 24.3. The molecule has 0 amide bonds. The van der Waals surface area contributed by atoms with Crippen LogP contribution < -0.4 is 5.32 Å². The van der Waals surface area contributed by atoms with Crippen LogP contribution in [0.5, 0.6) is 0 Å². The second-order valence-electron chi connectivity index (χ2n) is 8.40. The molecule has 0 aliphatic carbocycles. The number of fused-ring (bicyclic) bond motifs is 2. The third-order valence-electron chi connectivity index (χ3n) is 6.36. The van der Waals surface area contributed by atoms with Gasteiger partial charge < -0.3 is 9.72 Å². The van der Waals surface area contributed by atoms with E-state index in [2.05, 4.69) is 51.2 Å². The van der Waals surface area contributed by atoms with Crippen LogP contribution in [0.4, 0.5) is 0 Å². The standard InChI is InChI=1S/C24H24N4OS/c1-15-13-28-14-21(27-23(28)16(2)26-15)22-12-19-4-3-18(17-5-7-25-8-6-17)11-20(19)24(29)30(22)9-10-30/h3-5,11-14,25H,6-10H2,1-2H3. The highest BCUT2D eigenvalue weighted by Crippen LogP contribution is 2.74. The summed E-state index contributed by atoms with van der Waals surface area (Å²) in [6.07, 6.45) is 9.57. The number of hydrogen-bond acceptors (Lipinski definition) is 4. The maximum atomic E-state index is 13.7. The number of carbonyl (C=O) groups is 1. The van der Waals surface area contributed by atoms with Crippen LogP contribution in [-0.2, 0) is 0 Å². The summed E-state index contributed by atoms with van der Waals surface area (Å²) in [5, 5.41) is 3.70. The van der Waals surface area contributed by atoms with Gasteiger partial charge in [-0.05, 0) is 67.2 Å². The van der Waals surface area contributed by atoms with Gasteiger partial charge in [-0.3, -0.25) is 9.78 Å². The molecule has 6 rings (SSSR count). The quantitative estimate of drug-likeness (QED) is 0.637.